The number of halogens is 2. The Kier molecular flexibility index (Phi) is 5.06. The van der Waals surface area contributed by atoms with E-state index in [1.807, 2.05) is 0 Å². The van der Waals surface area contributed by atoms with Gasteiger partial charge < -0.3 is 10.8 Å². The summed E-state index contributed by atoms with van der Waals surface area (Å²) in [6.07, 6.45) is 0. The van der Waals surface area contributed by atoms with Gasteiger partial charge in [0, 0.05) is 21.7 Å². The number of anilines is 1. The van der Waals surface area contributed by atoms with Crippen molar-refractivity contribution in [2.75, 3.05) is 19.4 Å². The number of aliphatic hydroxyl groups excluding tert-OH is 1. The Morgan fingerprint density at radius 3 is 2.11 bits per heavy atom. The van der Waals surface area contributed by atoms with Gasteiger partial charge in [0.25, 0.3) is 0 Å². The number of aliphatic hydroxyl groups is 1. The zero-order valence-electron chi connectivity index (χ0n) is 10.8. The zero-order chi connectivity index (χ0) is 15.0. The van der Waals surface area contributed by atoms with E-state index in [-0.39, 0.29) is 11.5 Å². The first kappa shape index (κ1) is 16.9. The van der Waals surface area contributed by atoms with Gasteiger partial charge in [-0.05, 0) is 57.8 Å². The molecule has 0 aromatic heterocycles. The summed E-state index contributed by atoms with van der Waals surface area (Å²) in [5.41, 5.74) is 5.19. The van der Waals surface area contributed by atoms with E-state index in [1.165, 1.54) is 19.2 Å². The lowest BCUT2D eigenvalue weighted by atomic mass is 10.1. The first-order valence-corrected chi connectivity index (χ1v) is 8.41. The topological polar surface area (TPSA) is 83.6 Å². The Bertz CT molecular complexity index is 565. The zero-order valence-corrected chi connectivity index (χ0v) is 14.8. The molecule has 0 aliphatic rings. The van der Waals surface area contributed by atoms with Crippen LogP contribution in [0, 0.1) is 0 Å². The summed E-state index contributed by atoms with van der Waals surface area (Å²) in [5, 5.41) is 9.31. The van der Waals surface area contributed by atoms with Crippen LogP contribution in [0.1, 0.15) is 13.8 Å². The molecule has 108 valence electrons. The minimum absolute atomic E-state index is 0.0886. The summed E-state index contributed by atoms with van der Waals surface area (Å²) in [7, 11) is -2.33. The van der Waals surface area contributed by atoms with Gasteiger partial charge in [-0.2, -0.15) is 4.31 Å². The quantitative estimate of drug-likeness (QED) is 0.738. The van der Waals surface area contributed by atoms with E-state index in [9.17, 15) is 13.5 Å². The summed E-state index contributed by atoms with van der Waals surface area (Å²) in [6, 6.07) is 3.05. The fourth-order valence-corrected chi connectivity index (χ4v) is 5.43. The Balaban J connectivity index is 3.45. The van der Waals surface area contributed by atoms with Gasteiger partial charge in [0.1, 0.15) is 4.90 Å². The highest BCUT2D eigenvalue weighted by Gasteiger charge is 2.35. The molecule has 0 bridgehead atoms. The van der Waals surface area contributed by atoms with Gasteiger partial charge in [0.05, 0.1) is 12.1 Å². The molecule has 0 saturated carbocycles. The van der Waals surface area contributed by atoms with Crippen LogP contribution in [0.25, 0.3) is 0 Å². The second kappa shape index (κ2) is 5.69. The molecule has 0 aliphatic heterocycles. The van der Waals surface area contributed by atoms with E-state index >= 15 is 0 Å². The SMILES string of the molecule is CN(C(C)(C)CO)S(=O)(=O)c1c(Br)cc(N)cc1Br. The van der Waals surface area contributed by atoms with Crippen LogP contribution >= 0.6 is 31.9 Å². The lowest BCUT2D eigenvalue weighted by molar-refractivity contribution is 0.138. The van der Waals surface area contributed by atoms with Crippen molar-refractivity contribution in [1.29, 1.82) is 0 Å². The average Bonchev–Trinajstić information content (AvgIpc) is 2.26. The molecule has 8 heteroatoms. The van der Waals surface area contributed by atoms with Gasteiger partial charge in [-0.25, -0.2) is 8.42 Å². The third-order valence-corrected chi connectivity index (χ3v) is 6.83. The number of nitrogens with two attached hydrogens (primary N) is 1. The second-order valence-corrected chi connectivity index (χ2v) is 8.37. The van der Waals surface area contributed by atoms with E-state index in [0.717, 1.165) is 4.31 Å². The molecule has 0 saturated heterocycles. The molecular formula is C11H16Br2N2O3S. The molecule has 1 rings (SSSR count). The minimum Gasteiger partial charge on any atom is -0.399 e. The van der Waals surface area contributed by atoms with Crippen LogP contribution < -0.4 is 5.73 Å². The van der Waals surface area contributed by atoms with Gasteiger partial charge in [0.2, 0.25) is 10.0 Å². The van der Waals surface area contributed by atoms with Crippen LogP contribution in [0.3, 0.4) is 0 Å². The predicted octanol–water partition coefficient (Wildman–Crippen LogP) is 2.19. The molecule has 3 N–H and O–H groups in total. The summed E-state index contributed by atoms with van der Waals surface area (Å²) < 4.78 is 27.1. The highest BCUT2D eigenvalue weighted by Crippen LogP contribution is 2.35. The Morgan fingerprint density at radius 2 is 1.74 bits per heavy atom. The van der Waals surface area contributed by atoms with Gasteiger partial charge in [-0.1, -0.05) is 0 Å². The van der Waals surface area contributed by atoms with E-state index < -0.39 is 15.6 Å². The smallest absolute Gasteiger partial charge is 0.245 e. The average molecular weight is 416 g/mol. The lowest BCUT2D eigenvalue weighted by Gasteiger charge is -2.33. The van der Waals surface area contributed by atoms with Crippen LogP contribution in [-0.4, -0.2) is 37.0 Å². The van der Waals surface area contributed by atoms with Gasteiger partial charge in [-0.3, -0.25) is 0 Å². The number of rotatable bonds is 4. The van der Waals surface area contributed by atoms with Crippen molar-refractivity contribution in [2.24, 2.45) is 0 Å². The normalized spacial score (nSPS) is 13.0. The molecule has 0 amide bonds. The third-order valence-electron chi connectivity index (χ3n) is 2.88. The standard InChI is InChI=1S/C11H16Br2N2O3S/c1-11(2,6-16)15(3)19(17,18)10-8(12)4-7(14)5-9(10)13/h4-5,16H,6,14H2,1-3H3. The van der Waals surface area contributed by atoms with Crippen molar-refractivity contribution in [3.8, 4) is 0 Å². The molecule has 19 heavy (non-hydrogen) atoms. The van der Waals surface area contributed by atoms with Crippen LogP contribution in [-0.2, 0) is 10.0 Å². The fourth-order valence-electron chi connectivity index (χ4n) is 1.39. The number of nitrogen functional groups attached to an aromatic ring is 1. The fraction of sp³-hybridized carbons (Fsp3) is 0.455. The number of sulfonamides is 1. The molecule has 0 radical (unpaired) electrons. The monoisotopic (exact) mass is 414 g/mol. The highest BCUT2D eigenvalue weighted by atomic mass is 79.9. The summed E-state index contributed by atoms with van der Waals surface area (Å²) in [5.74, 6) is 0. The van der Waals surface area contributed by atoms with Crippen molar-refractivity contribution in [2.45, 2.75) is 24.3 Å². The van der Waals surface area contributed by atoms with Crippen molar-refractivity contribution < 1.29 is 13.5 Å². The molecule has 0 unspecified atom stereocenters. The van der Waals surface area contributed by atoms with Crippen molar-refractivity contribution in [3.05, 3.63) is 21.1 Å². The molecule has 0 atom stereocenters. The van der Waals surface area contributed by atoms with Crippen LogP contribution in [0.4, 0.5) is 5.69 Å². The minimum atomic E-state index is -3.76. The molecule has 0 fully saturated rings. The largest absolute Gasteiger partial charge is 0.399 e. The molecule has 5 nitrogen and oxygen atoms in total. The molecule has 0 spiro atoms. The first-order valence-electron chi connectivity index (χ1n) is 5.38. The number of likely N-dealkylation sites (N-methyl/N-ethyl adjacent to an activating group) is 1. The Hall–Kier alpha value is -0.150. The maximum atomic E-state index is 12.6. The number of nitrogens with zero attached hydrogens (tertiary/aromatic N) is 1. The Morgan fingerprint density at radius 1 is 1.32 bits per heavy atom. The molecular weight excluding hydrogens is 400 g/mol. The van der Waals surface area contributed by atoms with Crippen LogP contribution in [0.5, 0.6) is 0 Å². The second-order valence-electron chi connectivity index (χ2n) is 4.76. The maximum absolute atomic E-state index is 12.6. The summed E-state index contributed by atoms with van der Waals surface area (Å²) in [6.45, 7) is 3.00. The van der Waals surface area contributed by atoms with E-state index in [4.69, 9.17) is 5.73 Å². The number of benzene rings is 1. The molecule has 1 aromatic carbocycles. The van der Waals surface area contributed by atoms with Crippen molar-refractivity contribution in [3.63, 3.8) is 0 Å². The summed E-state index contributed by atoms with van der Waals surface area (Å²) in [4.78, 5) is 0.0886. The maximum Gasteiger partial charge on any atom is 0.245 e. The van der Waals surface area contributed by atoms with Crippen LogP contribution in [0.2, 0.25) is 0 Å². The van der Waals surface area contributed by atoms with Crippen molar-refractivity contribution >= 4 is 47.6 Å². The first-order chi connectivity index (χ1) is 8.54. The Labute approximate surface area is 130 Å². The van der Waals surface area contributed by atoms with E-state index in [0.29, 0.717) is 14.6 Å². The molecule has 1 aromatic rings. The van der Waals surface area contributed by atoms with Gasteiger partial charge in [-0.15, -0.1) is 0 Å². The predicted molar refractivity (Wildman–Crippen MR) is 82.4 cm³/mol. The summed E-state index contributed by atoms with van der Waals surface area (Å²) >= 11 is 6.42. The molecule has 0 heterocycles. The highest BCUT2D eigenvalue weighted by molar-refractivity contribution is 9.11. The van der Waals surface area contributed by atoms with E-state index in [1.54, 1.807) is 13.8 Å². The van der Waals surface area contributed by atoms with E-state index in [2.05, 4.69) is 31.9 Å². The van der Waals surface area contributed by atoms with Crippen molar-refractivity contribution in [1.82, 2.24) is 4.31 Å². The number of hydrogen-bond donors (Lipinski definition) is 2. The number of hydrogen-bond acceptors (Lipinski definition) is 4. The van der Waals surface area contributed by atoms with Gasteiger partial charge in [0.15, 0.2) is 0 Å². The third kappa shape index (κ3) is 3.30. The van der Waals surface area contributed by atoms with Gasteiger partial charge >= 0.3 is 0 Å². The molecule has 0 aliphatic carbocycles. The lowest BCUT2D eigenvalue weighted by Crippen LogP contribution is -2.47. The van der Waals surface area contributed by atoms with Crippen LogP contribution in [0.15, 0.2) is 26.0 Å².